The van der Waals surface area contributed by atoms with Gasteiger partial charge in [-0.2, -0.15) is 28.4 Å². The number of phenols is 1. The number of carbonyl (C=O) groups excluding carboxylic acids is 1. The zero-order valence-electron chi connectivity index (χ0n) is 30.8. The molecule has 0 saturated carbocycles. The van der Waals surface area contributed by atoms with Gasteiger partial charge in [-0.1, -0.05) is 18.6 Å². The van der Waals surface area contributed by atoms with Crippen LogP contribution in [0, 0.1) is 35.4 Å². The molecule has 3 saturated heterocycles. The molecule has 11 nitrogen and oxygen atoms in total. The lowest BCUT2D eigenvalue weighted by atomic mass is 9.98. The molecule has 2 aromatic carbocycles. The Kier molecular flexibility index (Phi) is 9.33. The number of fused-ring (bicyclic) bond motifs is 4. The number of benzene rings is 2. The molecule has 3 fully saturated rings. The Labute approximate surface area is 325 Å². The van der Waals surface area contributed by atoms with E-state index in [-0.39, 0.29) is 55.4 Å². The van der Waals surface area contributed by atoms with Crippen molar-refractivity contribution in [2.45, 2.75) is 62.7 Å². The second-order valence-corrected chi connectivity index (χ2v) is 15.2. The van der Waals surface area contributed by atoms with Crippen molar-refractivity contribution < 1.29 is 36.6 Å². The average molecular weight is 785 g/mol. The van der Waals surface area contributed by atoms with Crippen LogP contribution in [-0.4, -0.2) is 87.4 Å². The molecule has 6 heterocycles. The number of amides is 1. The van der Waals surface area contributed by atoms with E-state index in [9.17, 15) is 28.3 Å². The summed E-state index contributed by atoms with van der Waals surface area (Å²) in [6, 6.07) is 9.58. The van der Waals surface area contributed by atoms with Gasteiger partial charge in [-0.05, 0) is 55.5 Å². The number of hydrogen-bond acceptors (Lipinski definition) is 10. The third-order valence-corrected chi connectivity index (χ3v) is 11.6. The van der Waals surface area contributed by atoms with Crippen LogP contribution in [0.2, 0.25) is 0 Å². The highest BCUT2D eigenvalue weighted by Gasteiger charge is 2.49. The molecule has 5 atom stereocenters. The first-order valence-electron chi connectivity index (χ1n) is 18.4. The van der Waals surface area contributed by atoms with Crippen molar-refractivity contribution in [2.24, 2.45) is 5.92 Å². The Balaban J connectivity index is 1.16. The molecular weight excluding hydrogens is 747 g/mol. The van der Waals surface area contributed by atoms with Gasteiger partial charge in [0.15, 0.2) is 0 Å². The smallest absolute Gasteiger partial charge is 0.433 e. The third kappa shape index (κ3) is 6.66. The zero-order valence-corrected chi connectivity index (χ0v) is 30.8. The molecule has 4 aliphatic rings. The van der Waals surface area contributed by atoms with Gasteiger partial charge in [-0.3, -0.25) is 4.79 Å². The maximum atomic E-state index is 15.1. The minimum Gasteiger partial charge on any atom is -0.508 e. The standard InChI is InChI=1S/C41H37F5N8O3/c1-4-29-31(43)8-6-23-13-28(55)14-33(37(23)29)51-11-10-30-32(20-51)49-39(50-38(30)52-19-27-12-24(16-47)34(21-52)54(27)36(56)5-2)57-22-40(3)15-25(42)18-53(40)26-7-9-35(48-17-26)41(44,45)46/h1,5-9,13-14,17,24-25,27,34,55H,2,10-12,15,18-22H2,3H3/t24?,25-,27-,34-,40+/m1/s1. The molecule has 4 aliphatic heterocycles. The highest BCUT2D eigenvalue weighted by molar-refractivity contribution is 6.00. The third-order valence-electron chi connectivity index (χ3n) is 11.6. The predicted molar refractivity (Wildman–Crippen MR) is 201 cm³/mol. The minimum atomic E-state index is -4.63. The van der Waals surface area contributed by atoms with Crippen LogP contribution in [0.25, 0.3) is 10.8 Å². The van der Waals surface area contributed by atoms with Gasteiger partial charge >= 0.3 is 12.2 Å². The number of anilines is 3. The lowest BCUT2D eigenvalue weighted by Gasteiger charge is -2.42. The number of alkyl halides is 4. The molecule has 1 N–H and O–H groups in total. The van der Waals surface area contributed by atoms with Gasteiger partial charge < -0.3 is 29.4 Å². The van der Waals surface area contributed by atoms with Crippen LogP contribution in [0.1, 0.15) is 42.3 Å². The summed E-state index contributed by atoms with van der Waals surface area (Å²) in [5, 5.41) is 21.7. The van der Waals surface area contributed by atoms with E-state index in [0.29, 0.717) is 66.1 Å². The Bertz CT molecular complexity index is 2360. The summed E-state index contributed by atoms with van der Waals surface area (Å²) in [7, 11) is 0. The summed E-state index contributed by atoms with van der Waals surface area (Å²) in [6.07, 6.45) is 3.07. The molecule has 2 aromatic heterocycles. The molecule has 0 spiro atoms. The molecule has 0 aliphatic carbocycles. The topological polar surface area (TPSA) is 122 Å². The van der Waals surface area contributed by atoms with Crippen LogP contribution in [0.4, 0.5) is 39.1 Å². The molecule has 4 aromatic rings. The first kappa shape index (κ1) is 37.7. The molecule has 57 heavy (non-hydrogen) atoms. The van der Waals surface area contributed by atoms with Crippen LogP contribution in [0.5, 0.6) is 11.8 Å². The summed E-state index contributed by atoms with van der Waals surface area (Å²) in [4.78, 5) is 33.6. The normalized spacial score (nSPS) is 24.3. The Morgan fingerprint density at radius 2 is 1.98 bits per heavy atom. The maximum Gasteiger partial charge on any atom is 0.433 e. The molecule has 0 radical (unpaired) electrons. The summed E-state index contributed by atoms with van der Waals surface area (Å²) >= 11 is 0. The van der Waals surface area contributed by atoms with Crippen LogP contribution in [-0.2, 0) is 23.9 Å². The predicted octanol–water partition coefficient (Wildman–Crippen LogP) is 5.93. The van der Waals surface area contributed by atoms with Crippen molar-refractivity contribution in [3.63, 3.8) is 0 Å². The van der Waals surface area contributed by atoms with E-state index in [1.54, 1.807) is 22.8 Å². The highest BCUT2D eigenvalue weighted by Crippen LogP contribution is 2.42. The summed E-state index contributed by atoms with van der Waals surface area (Å²) < 4.78 is 76.3. The fourth-order valence-electron chi connectivity index (χ4n) is 8.99. The van der Waals surface area contributed by atoms with E-state index < -0.39 is 41.4 Å². The van der Waals surface area contributed by atoms with Crippen molar-refractivity contribution >= 4 is 33.9 Å². The van der Waals surface area contributed by atoms with E-state index in [1.165, 1.54) is 30.3 Å². The second-order valence-electron chi connectivity index (χ2n) is 15.2. The lowest BCUT2D eigenvalue weighted by molar-refractivity contribution is -0.141. The van der Waals surface area contributed by atoms with Gasteiger partial charge in [0.1, 0.15) is 35.9 Å². The average Bonchev–Trinajstić information content (AvgIpc) is 3.62. The fourth-order valence-corrected chi connectivity index (χ4v) is 8.99. The maximum absolute atomic E-state index is 15.1. The molecule has 8 rings (SSSR count). The number of terminal acetylenes is 1. The minimum absolute atomic E-state index is 0.0104. The van der Waals surface area contributed by atoms with Crippen molar-refractivity contribution in [3.8, 4) is 30.2 Å². The summed E-state index contributed by atoms with van der Waals surface area (Å²) in [5.74, 6) is 1.73. The van der Waals surface area contributed by atoms with Gasteiger partial charge in [0.2, 0.25) is 5.91 Å². The van der Waals surface area contributed by atoms with Gasteiger partial charge in [0.05, 0.1) is 65.8 Å². The quantitative estimate of drug-likeness (QED) is 0.137. The number of hydrogen-bond donors (Lipinski definition) is 1. The van der Waals surface area contributed by atoms with E-state index in [2.05, 4.69) is 23.6 Å². The number of piperazine rings is 1. The van der Waals surface area contributed by atoms with Gasteiger partial charge in [0, 0.05) is 48.8 Å². The number of halogens is 5. The SMILES string of the molecule is C#Cc1c(F)ccc2cc(O)cc(N3CCc4c(nc(OC[C@]5(C)C[C@@H](F)CN5c5ccc(C(F)(F)F)nc5)nc4N4C[C@H]5CC(C#N)[C@@H](C4)N5C(=O)C=C)C3)c12. The summed E-state index contributed by atoms with van der Waals surface area (Å²) in [6.45, 7) is 6.44. The Morgan fingerprint density at radius 1 is 1.18 bits per heavy atom. The van der Waals surface area contributed by atoms with Gasteiger partial charge in [-0.15, -0.1) is 6.42 Å². The zero-order chi connectivity index (χ0) is 40.4. The van der Waals surface area contributed by atoms with Crippen molar-refractivity contribution in [1.29, 1.82) is 5.26 Å². The lowest BCUT2D eigenvalue weighted by Crippen LogP contribution is -2.56. The molecule has 1 amide bonds. The monoisotopic (exact) mass is 784 g/mol. The van der Waals surface area contributed by atoms with E-state index in [4.69, 9.17) is 21.1 Å². The number of aromatic hydroxyl groups is 1. The number of phenolic OH excluding ortho intramolecular Hbond substituents is 1. The van der Waals surface area contributed by atoms with Gasteiger partial charge in [0.25, 0.3) is 0 Å². The van der Waals surface area contributed by atoms with Crippen molar-refractivity contribution in [2.75, 3.05) is 47.5 Å². The molecule has 294 valence electrons. The van der Waals surface area contributed by atoms with Crippen LogP contribution in [0.3, 0.4) is 0 Å². The van der Waals surface area contributed by atoms with E-state index in [0.717, 1.165) is 17.8 Å². The highest BCUT2D eigenvalue weighted by atomic mass is 19.4. The summed E-state index contributed by atoms with van der Waals surface area (Å²) in [5.41, 5.74) is 0.132. The Morgan fingerprint density at radius 3 is 2.68 bits per heavy atom. The Hall–Kier alpha value is -6.16. The number of aromatic nitrogens is 3. The first-order valence-corrected chi connectivity index (χ1v) is 18.4. The largest absolute Gasteiger partial charge is 0.508 e. The molecule has 16 heteroatoms. The van der Waals surface area contributed by atoms with Crippen LogP contribution in [0.15, 0.2) is 55.3 Å². The fraction of sp³-hybridized carbons (Fsp3) is 0.390. The number of pyridine rings is 1. The van der Waals surface area contributed by atoms with Crippen molar-refractivity contribution in [3.05, 3.63) is 83.6 Å². The molecule has 2 bridgehead atoms. The number of rotatable bonds is 7. The van der Waals surface area contributed by atoms with E-state index >= 15 is 8.78 Å². The van der Waals surface area contributed by atoms with Crippen molar-refractivity contribution in [1.82, 2.24) is 19.9 Å². The van der Waals surface area contributed by atoms with Crippen LogP contribution >= 0.6 is 0 Å². The number of nitriles is 1. The number of carbonyl (C=O) groups is 1. The van der Waals surface area contributed by atoms with Gasteiger partial charge in [-0.25, -0.2) is 13.8 Å². The second kappa shape index (κ2) is 14.1. The number of ether oxygens (including phenoxy) is 1. The van der Waals surface area contributed by atoms with Crippen LogP contribution < -0.4 is 19.4 Å². The number of nitrogens with zero attached hydrogens (tertiary/aromatic N) is 8. The van der Waals surface area contributed by atoms with E-state index in [1.807, 2.05) is 9.80 Å². The molecular formula is C41H37F5N8O3. The molecule has 1 unspecified atom stereocenters. The first-order chi connectivity index (χ1) is 27.2.